The fourth-order valence-electron chi connectivity index (χ4n) is 3.75. The van der Waals surface area contributed by atoms with Crippen LogP contribution in [-0.2, 0) is 16.2 Å². The molecule has 3 amide bonds. The van der Waals surface area contributed by atoms with E-state index in [2.05, 4.69) is 5.32 Å². The minimum atomic E-state index is -0.547. The van der Waals surface area contributed by atoms with Gasteiger partial charge in [0.1, 0.15) is 13.2 Å². The standard InChI is InChI=1S/C29H27ClN2O5S/c1-4-36-24-14-21(13-23(30)27(24)37-17-20-8-6-5-7-9-20)15-25-28(34)32(29(35)38-25)16-26(33)31-22-11-10-18(2)19(3)12-22/h5-15H,4,16-17H2,1-3H3,(H,31,33)/b25-15+. The molecule has 1 saturated heterocycles. The topological polar surface area (TPSA) is 84.9 Å². The van der Waals surface area contributed by atoms with Gasteiger partial charge in [-0.15, -0.1) is 0 Å². The van der Waals surface area contributed by atoms with Crippen LogP contribution >= 0.6 is 23.4 Å². The van der Waals surface area contributed by atoms with Gasteiger partial charge in [-0.3, -0.25) is 19.3 Å². The summed E-state index contributed by atoms with van der Waals surface area (Å²) in [6.07, 6.45) is 1.56. The molecule has 0 bridgehead atoms. The van der Waals surface area contributed by atoms with Crippen molar-refractivity contribution in [3.8, 4) is 11.5 Å². The third-order valence-electron chi connectivity index (χ3n) is 5.82. The number of hydrogen-bond acceptors (Lipinski definition) is 6. The van der Waals surface area contributed by atoms with Gasteiger partial charge in [0, 0.05) is 5.69 Å². The number of rotatable bonds is 9. The molecule has 1 aliphatic heterocycles. The van der Waals surface area contributed by atoms with Crippen molar-refractivity contribution in [3.63, 3.8) is 0 Å². The van der Waals surface area contributed by atoms with Crippen LogP contribution in [0.2, 0.25) is 5.02 Å². The van der Waals surface area contributed by atoms with E-state index in [4.69, 9.17) is 21.1 Å². The number of carbonyl (C=O) groups is 3. The number of nitrogens with one attached hydrogen (secondary N) is 1. The summed E-state index contributed by atoms with van der Waals surface area (Å²) in [4.78, 5) is 39.2. The molecule has 1 N–H and O–H groups in total. The number of nitrogens with zero attached hydrogens (tertiary/aromatic N) is 1. The second kappa shape index (κ2) is 12.2. The summed E-state index contributed by atoms with van der Waals surface area (Å²) in [5.74, 6) is -0.188. The number of carbonyl (C=O) groups excluding carboxylic acids is 3. The SMILES string of the molecule is CCOc1cc(/C=C2/SC(=O)N(CC(=O)Nc3ccc(C)c(C)c3)C2=O)cc(Cl)c1OCc1ccccc1. The molecule has 9 heteroatoms. The van der Waals surface area contributed by atoms with E-state index in [1.165, 1.54) is 0 Å². The fraction of sp³-hybridized carbons (Fsp3) is 0.207. The van der Waals surface area contributed by atoms with Crippen molar-refractivity contribution in [2.24, 2.45) is 0 Å². The lowest BCUT2D eigenvalue weighted by Crippen LogP contribution is -2.36. The highest BCUT2D eigenvalue weighted by atomic mass is 35.5. The van der Waals surface area contributed by atoms with E-state index in [9.17, 15) is 14.4 Å². The van der Waals surface area contributed by atoms with Gasteiger partial charge in [0.25, 0.3) is 11.1 Å². The number of ether oxygens (including phenoxy) is 2. The molecule has 0 radical (unpaired) electrons. The number of anilines is 1. The largest absolute Gasteiger partial charge is 0.490 e. The van der Waals surface area contributed by atoms with Crippen molar-refractivity contribution in [2.45, 2.75) is 27.4 Å². The Labute approximate surface area is 230 Å². The normalized spacial score (nSPS) is 14.2. The molecular weight excluding hydrogens is 524 g/mol. The third kappa shape index (κ3) is 6.57. The van der Waals surface area contributed by atoms with E-state index in [0.29, 0.717) is 41.0 Å². The summed E-state index contributed by atoms with van der Waals surface area (Å²) in [6, 6.07) is 18.5. The molecule has 0 aromatic heterocycles. The van der Waals surface area contributed by atoms with Gasteiger partial charge in [-0.25, -0.2) is 0 Å². The zero-order valence-electron chi connectivity index (χ0n) is 21.2. The number of amides is 3. The Morgan fingerprint density at radius 3 is 2.50 bits per heavy atom. The number of benzene rings is 3. The van der Waals surface area contributed by atoms with Crippen LogP contribution < -0.4 is 14.8 Å². The van der Waals surface area contributed by atoms with Crippen molar-refractivity contribution < 1.29 is 23.9 Å². The smallest absolute Gasteiger partial charge is 0.294 e. The monoisotopic (exact) mass is 550 g/mol. The maximum absolute atomic E-state index is 13.0. The average molecular weight is 551 g/mol. The minimum Gasteiger partial charge on any atom is -0.490 e. The second-order valence-corrected chi connectivity index (χ2v) is 10.1. The van der Waals surface area contributed by atoms with Crippen LogP contribution in [0.5, 0.6) is 11.5 Å². The van der Waals surface area contributed by atoms with Crippen molar-refractivity contribution in [1.82, 2.24) is 4.90 Å². The van der Waals surface area contributed by atoms with Crippen LogP contribution in [0.3, 0.4) is 0 Å². The van der Waals surface area contributed by atoms with Gasteiger partial charge < -0.3 is 14.8 Å². The van der Waals surface area contributed by atoms with Gasteiger partial charge >= 0.3 is 0 Å². The van der Waals surface area contributed by atoms with E-state index in [1.54, 1.807) is 24.3 Å². The summed E-state index contributed by atoms with van der Waals surface area (Å²) >= 11 is 7.30. The van der Waals surface area contributed by atoms with Gasteiger partial charge in [-0.1, -0.05) is 48.0 Å². The highest BCUT2D eigenvalue weighted by Gasteiger charge is 2.36. The summed E-state index contributed by atoms with van der Waals surface area (Å²) < 4.78 is 11.7. The summed E-state index contributed by atoms with van der Waals surface area (Å²) in [6.45, 7) is 6.07. The molecule has 1 fully saturated rings. The maximum Gasteiger partial charge on any atom is 0.294 e. The van der Waals surface area contributed by atoms with Crippen LogP contribution in [0, 0.1) is 13.8 Å². The molecule has 0 atom stereocenters. The first-order valence-corrected chi connectivity index (χ1v) is 13.2. The van der Waals surface area contributed by atoms with E-state index >= 15 is 0 Å². The maximum atomic E-state index is 13.0. The second-order valence-electron chi connectivity index (χ2n) is 8.65. The molecule has 4 rings (SSSR count). The number of thioether (sulfide) groups is 1. The van der Waals surface area contributed by atoms with Crippen LogP contribution in [0.15, 0.2) is 65.6 Å². The minimum absolute atomic E-state index is 0.186. The quantitative estimate of drug-likeness (QED) is 0.302. The molecule has 0 spiro atoms. The molecule has 1 aliphatic rings. The Bertz CT molecular complexity index is 1410. The van der Waals surface area contributed by atoms with Crippen LogP contribution in [0.4, 0.5) is 10.5 Å². The Balaban J connectivity index is 1.48. The molecule has 196 valence electrons. The Kier molecular flexibility index (Phi) is 8.76. The molecule has 0 saturated carbocycles. The van der Waals surface area contributed by atoms with Gasteiger partial charge in [0.05, 0.1) is 16.5 Å². The van der Waals surface area contributed by atoms with E-state index in [0.717, 1.165) is 33.4 Å². The molecular formula is C29H27ClN2O5S. The molecule has 0 aliphatic carbocycles. The fourth-order valence-corrected chi connectivity index (χ4v) is 4.87. The lowest BCUT2D eigenvalue weighted by Gasteiger charge is -2.15. The lowest BCUT2D eigenvalue weighted by atomic mass is 10.1. The van der Waals surface area contributed by atoms with E-state index < -0.39 is 17.1 Å². The number of halogens is 1. The summed E-state index contributed by atoms with van der Waals surface area (Å²) in [7, 11) is 0. The first-order valence-electron chi connectivity index (χ1n) is 12.0. The molecule has 3 aromatic carbocycles. The summed E-state index contributed by atoms with van der Waals surface area (Å²) in [5, 5.41) is 2.53. The third-order valence-corrected chi connectivity index (χ3v) is 7.01. The molecule has 38 heavy (non-hydrogen) atoms. The van der Waals surface area contributed by atoms with Crippen molar-refractivity contribution >= 4 is 52.2 Å². The Morgan fingerprint density at radius 1 is 1.03 bits per heavy atom. The highest BCUT2D eigenvalue weighted by molar-refractivity contribution is 8.18. The van der Waals surface area contributed by atoms with Crippen molar-refractivity contribution in [2.75, 3.05) is 18.5 Å². The molecule has 1 heterocycles. The average Bonchev–Trinajstić information content (AvgIpc) is 3.13. The van der Waals surface area contributed by atoms with Gasteiger partial charge in [0.15, 0.2) is 11.5 Å². The predicted molar refractivity (Wildman–Crippen MR) is 151 cm³/mol. The van der Waals surface area contributed by atoms with Gasteiger partial charge in [-0.05, 0) is 85.1 Å². The van der Waals surface area contributed by atoms with E-state index in [1.807, 2.05) is 63.2 Å². The van der Waals surface area contributed by atoms with Crippen molar-refractivity contribution in [3.05, 3.63) is 92.8 Å². The first kappa shape index (κ1) is 27.3. The Hall–Kier alpha value is -3.75. The number of imide groups is 1. The Morgan fingerprint density at radius 2 is 1.79 bits per heavy atom. The lowest BCUT2D eigenvalue weighted by molar-refractivity contribution is -0.127. The molecule has 3 aromatic rings. The van der Waals surface area contributed by atoms with Crippen molar-refractivity contribution in [1.29, 1.82) is 0 Å². The molecule has 7 nitrogen and oxygen atoms in total. The number of aryl methyl sites for hydroxylation is 2. The van der Waals surface area contributed by atoms with E-state index in [-0.39, 0.29) is 11.4 Å². The van der Waals surface area contributed by atoms with Crippen LogP contribution in [0.1, 0.15) is 29.2 Å². The van der Waals surface area contributed by atoms with Crippen LogP contribution in [0.25, 0.3) is 6.08 Å². The summed E-state index contributed by atoms with van der Waals surface area (Å²) in [5.41, 5.74) is 4.27. The highest BCUT2D eigenvalue weighted by Crippen LogP contribution is 2.39. The van der Waals surface area contributed by atoms with Gasteiger partial charge in [0.2, 0.25) is 5.91 Å². The molecule has 0 unspecified atom stereocenters. The number of hydrogen-bond donors (Lipinski definition) is 1. The van der Waals surface area contributed by atoms with Gasteiger partial charge in [-0.2, -0.15) is 0 Å². The zero-order valence-corrected chi connectivity index (χ0v) is 22.8. The zero-order chi connectivity index (χ0) is 27.2. The predicted octanol–water partition coefficient (Wildman–Crippen LogP) is 6.61. The van der Waals surface area contributed by atoms with Crippen LogP contribution in [-0.4, -0.2) is 35.1 Å². The first-order chi connectivity index (χ1) is 18.2.